The van der Waals surface area contributed by atoms with E-state index in [1.807, 2.05) is 12.1 Å². The fourth-order valence-electron chi connectivity index (χ4n) is 2.39. The Balaban J connectivity index is 2.01. The van der Waals surface area contributed by atoms with Gasteiger partial charge in [0, 0.05) is 29.8 Å². The summed E-state index contributed by atoms with van der Waals surface area (Å²) in [6, 6.07) is 6.03. The van der Waals surface area contributed by atoms with Crippen molar-refractivity contribution in [2.45, 2.75) is 26.0 Å². The predicted molar refractivity (Wildman–Crippen MR) is 73.6 cm³/mol. The summed E-state index contributed by atoms with van der Waals surface area (Å²) in [4.78, 5) is 2.37. The SMILES string of the molecule is CC1CN(Cc2cc(N)cc(Br)c2)CCC1O. The Bertz CT molecular complexity index is 377. The Morgan fingerprint density at radius 1 is 1.47 bits per heavy atom. The van der Waals surface area contributed by atoms with Crippen molar-refractivity contribution in [3.05, 3.63) is 28.2 Å². The van der Waals surface area contributed by atoms with Crippen molar-refractivity contribution >= 4 is 21.6 Å². The van der Waals surface area contributed by atoms with E-state index in [0.29, 0.717) is 5.92 Å². The van der Waals surface area contributed by atoms with Crippen LogP contribution in [0.5, 0.6) is 0 Å². The average molecular weight is 299 g/mol. The minimum absolute atomic E-state index is 0.140. The molecule has 1 fully saturated rings. The molecular weight excluding hydrogens is 280 g/mol. The van der Waals surface area contributed by atoms with Gasteiger partial charge in [-0.1, -0.05) is 22.9 Å². The molecule has 17 heavy (non-hydrogen) atoms. The lowest BCUT2D eigenvalue weighted by molar-refractivity contribution is 0.0320. The molecule has 0 bridgehead atoms. The maximum absolute atomic E-state index is 9.70. The molecule has 94 valence electrons. The normalized spacial score (nSPS) is 26.1. The van der Waals surface area contributed by atoms with Crippen LogP contribution in [0.3, 0.4) is 0 Å². The van der Waals surface area contributed by atoms with E-state index in [9.17, 15) is 5.11 Å². The molecule has 2 atom stereocenters. The molecule has 4 heteroatoms. The topological polar surface area (TPSA) is 49.5 Å². The van der Waals surface area contributed by atoms with Crippen LogP contribution in [0.1, 0.15) is 18.9 Å². The highest BCUT2D eigenvalue weighted by atomic mass is 79.9. The van der Waals surface area contributed by atoms with E-state index in [0.717, 1.165) is 36.2 Å². The molecule has 0 aliphatic carbocycles. The van der Waals surface area contributed by atoms with E-state index in [1.54, 1.807) is 0 Å². The van der Waals surface area contributed by atoms with Crippen LogP contribution in [0.25, 0.3) is 0 Å². The number of nitrogens with zero attached hydrogens (tertiary/aromatic N) is 1. The molecule has 1 aromatic carbocycles. The van der Waals surface area contributed by atoms with E-state index < -0.39 is 0 Å². The molecule has 0 aromatic heterocycles. The highest BCUT2D eigenvalue weighted by molar-refractivity contribution is 9.10. The highest BCUT2D eigenvalue weighted by Crippen LogP contribution is 2.22. The number of halogens is 1. The molecule has 2 unspecified atom stereocenters. The van der Waals surface area contributed by atoms with Crippen LogP contribution >= 0.6 is 15.9 Å². The van der Waals surface area contributed by atoms with E-state index >= 15 is 0 Å². The second kappa shape index (κ2) is 5.38. The molecule has 0 spiro atoms. The number of aliphatic hydroxyl groups is 1. The minimum atomic E-state index is -0.140. The van der Waals surface area contributed by atoms with Gasteiger partial charge in [-0.15, -0.1) is 0 Å². The lowest BCUT2D eigenvalue weighted by Crippen LogP contribution is -2.41. The maximum Gasteiger partial charge on any atom is 0.0590 e. The van der Waals surface area contributed by atoms with E-state index in [2.05, 4.69) is 33.8 Å². The van der Waals surface area contributed by atoms with Crippen LogP contribution in [0.4, 0.5) is 5.69 Å². The van der Waals surface area contributed by atoms with E-state index in [4.69, 9.17) is 5.73 Å². The molecule has 0 radical (unpaired) electrons. The first kappa shape index (κ1) is 12.9. The summed E-state index contributed by atoms with van der Waals surface area (Å²) < 4.78 is 1.03. The van der Waals surface area contributed by atoms with Gasteiger partial charge in [0.2, 0.25) is 0 Å². The first-order chi connectivity index (χ1) is 8.04. The van der Waals surface area contributed by atoms with Crippen LogP contribution in [0.2, 0.25) is 0 Å². The number of hydrogen-bond donors (Lipinski definition) is 2. The summed E-state index contributed by atoms with van der Waals surface area (Å²) in [7, 11) is 0. The summed E-state index contributed by atoms with van der Waals surface area (Å²) >= 11 is 3.46. The summed E-state index contributed by atoms with van der Waals surface area (Å²) in [5.41, 5.74) is 7.84. The minimum Gasteiger partial charge on any atom is -0.399 e. The zero-order valence-corrected chi connectivity index (χ0v) is 11.7. The Kier molecular flexibility index (Phi) is 4.07. The lowest BCUT2D eigenvalue weighted by Gasteiger charge is -2.34. The van der Waals surface area contributed by atoms with Gasteiger partial charge >= 0.3 is 0 Å². The van der Waals surface area contributed by atoms with Crippen molar-refractivity contribution < 1.29 is 5.11 Å². The molecule has 3 nitrogen and oxygen atoms in total. The van der Waals surface area contributed by atoms with Gasteiger partial charge in [0.15, 0.2) is 0 Å². The number of likely N-dealkylation sites (tertiary alicyclic amines) is 1. The van der Waals surface area contributed by atoms with E-state index in [1.165, 1.54) is 5.56 Å². The lowest BCUT2D eigenvalue weighted by atomic mass is 9.96. The Morgan fingerprint density at radius 3 is 2.88 bits per heavy atom. The quantitative estimate of drug-likeness (QED) is 0.823. The molecule has 1 saturated heterocycles. The Hall–Kier alpha value is -0.580. The molecule has 1 heterocycles. The number of nitrogens with two attached hydrogens (primary N) is 1. The molecule has 2 rings (SSSR count). The third-order valence-electron chi connectivity index (χ3n) is 3.33. The fourth-order valence-corrected chi connectivity index (χ4v) is 2.95. The summed E-state index contributed by atoms with van der Waals surface area (Å²) in [6.45, 7) is 4.91. The Morgan fingerprint density at radius 2 is 2.24 bits per heavy atom. The van der Waals surface area contributed by atoms with Gasteiger partial charge in [-0.2, -0.15) is 0 Å². The van der Waals surface area contributed by atoms with Crippen molar-refractivity contribution in [1.82, 2.24) is 4.90 Å². The standard InChI is InChI=1S/C13H19BrN2O/c1-9-7-16(3-2-13(9)17)8-10-4-11(14)6-12(15)5-10/h4-6,9,13,17H,2-3,7-8,15H2,1H3. The molecule has 3 N–H and O–H groups in total. The average Bonchev–Trinajstić information content (AvgIpc) is 2.22. The van der Waals surface area contributed by atoms with Crippen LogP contribution < -0.4 is 5.73 Å². The van der Waals surface area contributed by atoms with Gasteiger partial charge in [0.05, 0.1) is 6.10 Å². The smallest absolute Gasteiger partial charge is 0.0590 e. The van der Waals surface area contributed by atoms with Crippen LogP contribution in [-0.4, -0.2) is 29.2 Å². The Labute approximate surface area is 111 Å². The monoisotopic (exact) mass is 298 g/mol. The van der Waals surface area contributed by atoms with Crippen molar-refractivity contribution in [2.75, 3.05) is 18.8 Å². The van der Waals surface area contributed by atoms with Gasteiger partial charge in [-0.25, -0.2) is 0 Å². The third kappa shape index (κ3) is 3.44. The number of benzene rings is 1. The van der Waals surface area contributed by atoms with Crippen LogP contribution in [0.15, 0.2) is 22.7 Å². The van der Waals surface area contributed by atoms with Crippen molar-refractivity contribution in [2.24, 2.45) is 5.92 Å². The van der Waals surface area contributed by atoms with Crippen LogP contribution in [-0.2, 0) is 6.54 Å². The molecule has 1 aliphatic rings. The van der Waals surface area contributed by atoms with Gasteiger partial charge < -0.3 is 10.8 Å². The number of nitrogen functional groups attached to an aromatic ring is 1. The zero-order chi connectivity index (χ0) is 12.4. The fraction of sp³-hybridized carbons (Fsp3) is 0.538. The maximum atomic E-state index is 9.70. The summed E-state index contributed by atoms with van der Waals surface area (Å²) in [5.74, 6) is 0.355. The van der Waals surface area contributed by atoms with Gasteiger partial charge in [-0.3, -0.25) is 4.90 Å². The second-order valence-electron chi connectivity index (χ2n) is 4.96. The van der Waals surface area contributed by atoms with Crippen molar-refractivity contribution in [3.8, 4) is 0 Å². The number of aliphatic hydroxyl groups excluding tert-OH is 1. The number of hydrogen-bond acceptors (Lipinski definition) is 3. The molecule has 0 saturated carbocycles. The second-order valence-corrected chi connectivity index (χ2v) is 5.88. The highest BCUT2D eigenvalue weighted by Gasteiger charge is 2.23. The summed E-state index contributed by atoms with van der Waals surface area (Å²) in [6.07, 6.45) is 0.726. The summed E-state index contributed by atoms with van der Waals surface area (Å²) in [5, 5.41) is 9.70. The number of piperidine rings is 1. The first-order valence-corrected chi connectivity index (χ1v) is 6.79. The first-order valence-electron chi connectivity index (χ1n) is 6.00. The predicted octanol–water partition coefficient (Wildman–Crippen LogP) is 2.23. The van der Waals surface area contributed by atoms with Crippen molar-refractivity contribution in [1.29, 1.82) is 0 Å². The molecule has 0 amide bonds. The van der Waals surface area contributed by atoms with Gasteiger partial charge in [0.25, 0.3) is 0 Å². The van der Waals surface area contributed by atoms with Crippen LogP contribution in [0, 0.1) is 5.92 Å². The van der Waals surface area contributed by atoms with Gasteiger partial charge in [-0.05, 0) is 36.1 Å². The van der Waals surface area contributed by atoms with Gasteiger partial charge in [0.1, 0.15) is 0 Å². The number of rotatable bonds is 2. The molecular formula is C13H19BrN2O. The molecule has 1 aromatic rings. The molecule has 1 aliphatic heterocycles. The zero-order valence-electron chi connectivity index (χ0n) is 10.1. The largest absolute Gasteiger partial charge is 0.399 e. The number of anilines is 1. The van der Waals surface area contributed by atoms with E-state index in [-0.39, 0.29) is 6.10 Å². The third-order valence-corrected chi connectivity index (χ3v) is 3.79. The van der Waals surface area contributed by atoms with Crippen molar-refractivity contribution in [3.63, 3.8) is 0 Å².